The molecule has 0 amide bonds. The first-order valence-corrected chi connectivity index (χ1v) is 5.66. The Morgan fingerprint density at radius 2 is 2.25 bits per heavy atom. The maximum atomic E-state index is 11.9. The number of hydrogen-bond donors (Lipinski definition) is 1. The summed E-state index contributed by atoms with van der Waals surface area (Å²) in [4.78, 5) is 33.9. The maximum Gasteiger partial charge on any atom is 0.328 e. The van der Waals surface area contributed by atoms with Gasteiger partial charge in [-0.2, -0.15) is 5.26 Å². The first-order chi connectivity index (χ1) is 9.56. The molecule has 0 aromatic carbocycles. The molecule has 0 bridgehead atoms. The van der Waals surface area contributed by atoms with Gasteiger partial charge in [0.1, 0.15) is 11.6 Å². The Hall–Kier alpha value is -2.95. The van der Waals surface area contributed by atoms with Crippen LogP contribution in [0, 0.1) is 18.3 Å². The second kappa shape index (κ2) is 5.36. The Balaban J connectivity index is 2.48. The highest BCUT2D eigenvalue weighted by Crippen LogP contribution is 2.08. The lowest BCUT2D eigenvalue weighted by molar-refractivity contribution is 0.378. The first-order valence-electron chi connectivity index (χ1n) is 5.66. The highest BCUT2D eigenvalue weighted by atomic mass is 16.5. The molecular weight excluding hydrogens is 262 g/mol. The van der Waals surface area contributed by atoms with Crippen LogP contribution < -0.4 is 16.0 Å². The number of H-pyrrole nitrogens is 1. The van der Waals surface area contributed by atoms with E-state index in [9.17, 15) is 9.59 Å². The number of nitriles is 1. The van der Waals surface area contributed by atoms with Crippen LogP contribution >= 0.6 is 0 Å². The maximum absolute atomic E-state index is 11.9. The van der Waals surface area contributed by atoms with Gasteiger partial charge < -0.3 is 9.72 Å². The minimum absolute atomic E-state index is 0.0144. The number of nitrogens with one attached hydrogen (secondary N) is 1. The van der Waals surface area contributed by atoms with Crippen LogP contribution in [0.1, 0.15) is 16.8 Å². The molecule has 0 unspecified atom stereocenters. The molecule has 0 spiro atoms. The summed E-state index contributed by atoms with van der Waals surface area (Å²) in [6, 6.07) is 1.93. The Bertz CT molecular complexity index is 800. The van der Waals surface area contributed by atoms with Crippen molar-refractivity contribution in [1.29, 1.82) is 5.26 Å². The molecule has 0 fully saturated rings. The third-order valence-electron chi connectivity index (χ3n) is 2.75. The molecule has 0 aliphatic carbocycles. The normalized spacial score (nSPS) is 10.1. The lowest BCUT2D eigenvalue weighted by Gasteiger charge is -2.07. The zero-order valence-corrected chi connectivity index (χ0v) is 10.9. The summed E-state index contributed by atoms with van der Waals surface area (Å²) < 4.78 is 5.81. The van der Waals surface area contributed by atoms with E-state index in [1.165, 1.54) is 13.3 Å². The first kappa shape index (κ1) is 13.5. The molecule has 8 nitrogen and oxygen atoms in total. The molecule has 8 heteroatoms. The van der Waals surface area contributed by atoms with Crippen LogP contribution in [0.15, 0.2) is 22.0 Å². The predicted octanol–water partition coefficient (Wildman–Crippen LogP) is -0.436. The van der Waals surface area contributed by atoms with Crippen molar-refractivity contribution in [3.05, 3.63) is 50.1 Å². The topological polar surface area (TPSA) is 114 Å². The van der Waals surface area contributed by atoms with Crippen molar-refractivity contribution in [3.8, 4) is 12.1 Å². The molecule has 0 atom stereocenters. The van der Waals surface area contributed by atoms with E-state index in [0.29, 0.717) is 11.3 Å². The van der Waals surface area contributed by atoms with Gasteiger partial charge in [-0.15, -0.1) is 0 Å². The van der Waals surface area contributed by atoms with Crippen molar-refractivity contribution in [1.82, 2.24) is 19.5 Å². The fourth-order valence-electron chi connectivity index (χ4n) is 1.63. The largest absolute Gasteiger partial charge is 0.467 e. The van der Waals surface area contributed by atoms with Crippen LogP contribution in [0.25, 0.3) is 0 Å². The highest BCUT2D eigenvalue weighted by Gasteiger charge is 2.10. The van der Waals surface area contributed by atoms with Gasteiger partial charge in [-0.3, -0.25) is 9.36 Å². The van der Waals surface area contributed by atoms with Gasteiger partial charge in [0.2, 0.25) is 0 Å². The third kappa shape index (κ3) is 2.42. The molecule has 0 aliphatic rings. The van der Waals surface area contributed by atoms with Crippen molar-refractivity contribution >= 4 is 0 Å². The van der Waals surface area contributed by atoms with Gasteiger partial charge in [0.15, 0.2) is 0 Å². The molecule has 0 saturated heterocycles. The van der Waals surface area contributed by atoms with E-state index in [4.69, 9.17) is 10.00 Å². The fourth-order valence-corrected chi connectivity index (χ4v) is 1.63. The summed E-state index contributed by atoms with van der Waals surface area (Å²) in [5.74, 6) is 0. The van der Waals surface area contributed by atoms with Crippen LogP contribution in [0.5, 0.6) is 6.01 Å². The molecule has 20 heavy (non-hydrogen) atoms. The van der Waals surface area contributed by atoms with E-state index in [2.05, 4.69) is 15.0 Å². The summed E-state index contributed by atoms with van der Waals surface area (Å²) in [5, 5.41) is 8.80. The van der Waals surface area contributed by atoms with E-state index in [-0.39, 0.29) is 18.1 Å². The van der Waals surface area contributed by atoms with Gasteiger partial charge in [-0.25, -0.2) is 14.8 Å². The molecule has 0 aliphatic heterocycles. The van der Waals surface area contributed by atoms with Gasteiger partial charge in [-0.05, 0) is 6.92 Å². The molecule has 2 aromatic rings. The van der Waals surface area contributed by atoms with Crippen molar-refractivity contribution in [2.75, 3.05) is 7.11 Å². The monoisotopic (exact) mass is 273 g/mol. The van der Waals surface area contributed by atoms with Crippen molar-refractivity contribution in [2.45, 2.75) is 13.5 Å². The Morgan fingerprint density at radius 3 is 2.85 bits per heavy atom. The van der Waals surface area contributed by atoms with E-state index in [1.54, 1.807) is 13.0 Å². The fraction of sp³-hybridized carbons (Fsp3) is 0.250. The summed E-state index contributed by atoms with van der Waals surface area (Å²) >= 11 is 0. The number of aromatic nitrogens is 4. The molecule has 0 radical (unpaired) electrons. The molecular formula is C12H11N5O3. The Morgan fingerprint density at radius 1 is 1.50 bits per heavy atom. The number of aromatic amines is 1. The van der Waals surface area contributed by atoms with Crippen LogP contribution in [0.4, 0.5) is 0 Å². The average Bonchev–Trinajstić information content (AvgIpc) is 2.45. The van der Waals surface area contributed by atoms with Crippen molar-refractivity contribution in [3.63, 3.8) is 0 Å². The van der Waals surface area contributed by atoms with Gasteiger partial charge in [0, 0.05) is 23.7 Å². The van der Waals surface area contributed by atoms with E-state index < -0.39 is 11.2 Å². The van der Waals surface area contributed by atoms with Crippen LogP contribution in [0.2, 0.25) is 0 Å². The summed E-state index contributed by atoms with van der Waals surface area (Å²) in [5.41, 5.74) is -0.189. The summed E-state index contributed by atoms with van der Waals surface area (Å²) in [6.07, 6.45) is 2.57. The number of rotatable bonds is 3. The van der Waals surface area contributed by atoms with Crippen molar-refractivity contribution < 1.29 is 4.74 Å². The molecule has 1 N–H and O–H groups in total. The zero-order chi connectivity index (χ0) is 14.7. The number of ether oxygens (including phenoxy) is 1. The predicted molar refractivity (Wildman–Crippen MR) is 68.5 cm³/mol. The summed E-state index contributed by atoms with van der Waals surface area (Å²) in [6.45, 7) is 1.70. The Kier molecular flexibility index (Phi) is 3.61. The Labute approximate surface area is 113 Å². The van der Waals surface area contributed by atoms with Gasteiger partial charge in [0.05, 0.1) is 13.7 Å². The van der Waals surface area contributed by atoms with Gasteiger partial charge >= 0.3 is 11.7 Å². The number of nitrogens with zero attached hydrogens (tertiary/aromatic N) is 4. The molecule has 2 rings (SSSR count). The number of methoxy groups -OCH3 is 1. The molecule has 0 saturated carbocycles. The lowest BCUT2D eigenvalue weighted by Crippen LogP contribution is -2.36. The van der Waals surface area contributed by atoms with Crippen LogP contribution in [0.3, 0.4) is 0 Å². The third-order valence-corrected chi connectivity index (χ3v) is 2.75. The second-order valence-electron chi connectivity index (χ2n) is 3.98. The molecule has 102 valence electrons. The number of aryl methyl sites for hydroxylation is 1. The van der Waals surface area contributed by atoms with E-state index in [0.717, 1.165) is 10.8 Å². The second-order valence-corrected chi connectivity index (χ2v) is 3.98. The highest BCUT2D eigenvalue weighted by molar-refractivity contribution is 5.23. The summed E-state index contributed by atoms with van der Waals surface area (Å²) in [7, 11) is 1.44. The van der Waals surface area contributed by atoms with Crippen LogP contribution in [-0.2, 0) is 6.54 Å². The van der Waals surface area contributed by atoms with E-state index >= 15 is 0 Å². The van der Waals surface area contributed by atoms with E-state index in [1.807, 2.05) is 0 Å². The quantitative estimate of drug-likeness (QED) is 0.811. The standard InChI is InChI=1S/C12H11N5O3/c1-7-9(5-14-11(16-7)20-2)6-17-10(18)8(3-13)4-15-12(17)19/h4-5H,6H2,1-2H3,(H,15,19). The molecule has 2 heterocycles. The SMILES string of the molecule is COc1ncc(Cn2c(=O)[nH]cc(C#N)c2=O)c(C)n1. The van der Waals surface area contributed by atoms with Crippen molar-refractivity contribution in [2.24, 2.45) is 0 Å². The van der Waals surface area contributed by atoms with Gasteiger partial charge in [0.25, 0.3) is 5.56 Å². The molecule has 2 aromatic heterocycles. The van der Waals surface area contributed by atoms with Crippen LogP contribution in [-0.4, -0.2) is 26.6 Å². The number of hydrogen-bond acceptors (Lipinski definition) is 6. The zero-order valence-electron chi connectivity index (χ0n) is 10.9. The minimum Gasteiger partial charge on any atom is -0.467 e. The smallest absolute Gasteiger partial charge is 0.328 e. The lowest BCUT2D eigenvalue weighted by atomic mass is 10.2. The minimum atomic E-state index is -0.647. The average molecular weight is 273 g/mol. The van der Waals surface area contributed by atoms with Gasteiger partial charge in [-0.1, -0.05) is 0 Å².